The number of hydrogen-bond donors (Lipinski definition) is 0. The Bertz CT molecular complexity index is 2160. The van der Waals surface area contributed by atoms with Crippen molar-refractivity contribution in [2.24, 2.45) is 130 Å². The summed E-state index contributed by atoms with van der Waals surface area (Å²) in [4.78, 5) is 6.94. The average molecular weight is 1310 g/mol. The molecule has 96 heavy (non-hydrogen) atoms. The lowest BCUT2D eigenvalue weighted by Crippen LogP contribution is -2.49. The molecular formula is C94H154N2. The van der Waals surface area contributed by atoms with Gasteiger partial charge in [0.2, 0.25) is 0 Å². The van der Waals surface area contributed by atoms with E-state index in [2.05, 4.69) is 33.1 Å². The number of likely N-dealkylation sites (tertiary alicyclic amines) is 2. The van der Waals surface area contributed by atoms with Gasteiger partial charge >= 0.3 is 0 Å². The van der Waals surface area contributed by atoms with Gasteiger partial charge in [0.1, 0.15) is 0 Å². The maximum atomic E-state index is 3.47. The fourth-order valence-corrected chi connectivity index (χ4v) is 31.6. The van der Waals surface area contributed by atoms with Crippen molar-refractivity contribution >= 4 is 0 Å². The third-order valence-electron chi connectivity index (χ3n) is 36.5. The van der Waals surface area contributed by atoms with Crippen LogP contribution in [-0.2, 0) is 0 Å². The molecule has 2 aliphatic heterocycles. The second-order valence-corrected chi connectivity index (χ2v) is 40.7. The van der Waals surface area contributed by atoms with E-state index >= 15 is 0 Å². The molecule has 540 valence electrons. The zero-order valence-corrected chi connectivity index (χ0v) is 63.1. The van der Waals surface area contributed by atoms with Crippen LogP contribution in [0.4, 0.5) is 0 Å². The normalized spacial score (nSPS) is 45.3. The lowest BCUT2D eigenvalue weighted by molar-refractivity contribution is 0.0234. The van der Waals surface area contributed by atoms with Crippen LogP contribution in [0.3, 0.4) is 0 Å². The molecule has 2 saturated heterocycles. The van der Waals surface area contributed by atoms with E-state index in [4.69, 9.17) is 0 Å². The van der Waals surface area contributed by atoms with Crippen LogP contribution in [0, 0.1) is 130 Å². The summed E-state index contributed by atoms with van der Waals surface area (Å²) in [5.41, 5.74) is 4.18. The van der Waals surface area contributed by atoms with Gasteiger partial charge in [-0.3, -0.25) is 9.80 Å². The van der Waals surface area contributed by atoms with Gasteiger partial charge < -0.3 is 0 Å². The maximum absolute atomic E-state index is 3.47. The van der Waals surface area contributed by atoms with Crippen molar-refractivity contribution in [3.8, 4) is 0 Å². The Labute approximate surface area is 594 Å². The molecule has 17 rings (SSSR count). The van der Waals surface area contributed by atoms with E-state index < -0.39 is 0 Å². The smallest absolute Gasteiger partial charge is 0.0138 e. The van der Waals surface area contributed by atoms with Gasteiger partial charge in [-0.25, -0.2) is 0 Å². The van der Waals surface area contributed by atoms with Crippen LogP contribution in [0.15, 0.2) is 23.3 Å². The summed E-state index contributed by atoms with van der Waals surface area (Å²) in [6.45, 7) is 0. The Morgan fingerprint density at radius 1 is 0.177 bits per heavy atom. The molecule has 15 aliphatic carbocycles. The number of fused-ring (bicyclic) bond motifs is 6. The SMILES string of the molecule is C(=C(C1CCC(C2CCCCC2)CC1)C1CCC(C2CCCCC2)CC1)C1CCC2C3CCC(C4CCC(C5CCC6C7CCC(C=C(C8CCC(C9CCCCC9)CC8)C8CCC(C9CCCCC9)CC8)CC7N(C7CCCCC7)C6C5)CC4)CC3N(C3CCCCC3)C2C1. The topological polar surface area (TPSA) is 6.48 Å². The van der Waals surface area contributed by atoms with E-state index in [1.54, 1.807) is 244 Å². The summed E-state index contributed by atoms with van der Waals surface area (Å²) in [6.07, 6.45) is 103. The van der Waals surface area contributed by atoms with Crippen LogP contribution >= 0.6 is 0 Å². The molecular weight excluding hydrogens is 1160 g/mol. The number of nitrogens with zero attached hydrogens (tertiary/aromatic N) is 2. The van der Waals surface area contributed by atoms with E-state index in [1.165, 1.54) is 154 Å². The van der Waals surface area contributed by atoms with Crippen LogP contribution in [0.5, 0.6) is 0 Å². The fraction of sp³-hybridized carbons (Fsp3) is 0.957. The molecule has 12 atom stereocenters. The van der Waals surface area contributed by atoms with Crippen LogP contribution in [-0.4, -0.2) is 46.1 Å². The highest BCUT2D eigenvalue weighted by Crippen LogP contribution is 2.60. The summed E-state index contributed by atoms with van der Waals surface area (Å²) in [5, 5.41) is 0. The second kappa shape index (κ2) is 32.4. The summed E-state index contributed by atoms with van der Waals surface area (Å²) in [6, 6.07) is 5.48. The third kappa shape index (κ3) is 15.2. The first-order valence-corrected chi connectivity index (χ1v) is 46.5. The Morgan fingerprint density at radius 2 is 0.385 bits per heavy atom. The van der Waals surface area contributed by atoms with E-state index in [-0.39, 0.29) is 0 Å². The largest absolute Gasteiger partial charge is 0.294 e. The Hall–Kier alpha value is -0.600. The lowest BCUT2D eigenvalue weighted by Gasteiger charge is -2.47. The Balaban J connectivity index is 0.545. The van der Waals surface area contributed by atoms with Crippen molar-refractivity contribution < 1.29 is 0 Å². The predicted octanol–water partition coefficient (Wildman–Crippen LogP) is 26.6. The monoisotopic (exact) mass is 1310 g/mol. The predicted molar refractivity (Wildman–Crippen MR) is 406 cm³/mol. The Morgan fingerprint density at radius 3 is 0.667 bits per heavy atom. The zero-order chi connectivity index (χ0) is 63.7. The van der Waals surface area contributed by atoms with Crippen molar-refractivity contribution in [1.29, 1.82) is 0 Å². The Kier molecular flexibility index (Phi) is 23.1. The highest BCUT2D eigenvalue weighted by atomic mass is 15.3. The zero-order valence-electron chi connectivity index (χ0n) is 63.1. The van der Waals surface area contributed by atoms with Gasteiger partial charge in [-0.1, -0.05) is 190 Å². The molecule has 15 saturated carbocycles. The standard InChI is InChI=1S/C94H154N2/c1-7-19-67(20-8-1)71-37-45-77(46-38-71)89(78-47-39-72(40-48-78)68-21-9-2-10-22-68)59-65-31-55-85-87-57-53-81(63-93(87)95(91(85)61-65)83-27-15-5-16-28-83)75-33-35-76(36-34-75)82-54-58-88-86-56-32-66(62-92(86)96(94(88)64-82)84-29-17-6-18-30-84)60-90(79-49-41-73(42-50-79)69-23-11-3-12-24-69)80-51-43-74(44-52-80)70-25-13-4-14-26-70/h59-60,65-88,91-94H,1-58,61-64H2. The van der Waals surface area contributed by atoms with Crippen molar-refractivity contribution in [2.75, 3.05) is 0 Å². The van der Waals surface area contributed by atoms with Crippen molar-refractivity contribution in [1.82, 2.24) is 9.80 Å². The first kappa shape index (κ1) is 68.5. The fourth-order valence-electron chi connectivity index (χ4n) is 31.6. The van der Waals surface area contributed by atoms with Crippen molar-refractivity contribution in [2.45, 2.75) is 434 Å². The molecule has 12 unspecified atom stereocenters. The minimum Gasteiger partial charge on any atom is -0.294 e. The van der Waals surface area contributed by atoms with Crippen LogP contribution < -0.4 is 0 Å². The maximum Gasteiger partial charge on any atom is 0.0138 e. The number of rotatable bonds is 14. The minimum atomic E-state index is 0.867. The summed E-state index contributed by atoms with van der Waals surface area (Å²) < 4.78 is 0. The first-order chi connectivity index (χ1) is 47.6. The van der Waals surface area contributed by atoms with Crippen molar-refractivity contribution in [3.05, 3.63) is 23.3 Å². The molecule has 0 amide bonds. The second-order valence-electron chi connectivity index (χ2n) is 40.7. The molecule has 17 aliphatic rings. The molecule has 0 aromatic carbocycles. The highest BCUT2D eigenvalue weighted by Gasteiger charge is 2.57. The van der Waals surface area contributed by atoms with Crippen LogP contribution in [0.25, 0.3) is 0 Å². The molecule has 17 fully saturated rings. The third-order valence-corrected chi connectivity index (χ3v) is 36.5. The van der Waals surface area contributed by atoms with Gasteiger partial charge in [0, 0.05) is 36.3 Å². The molecule has 2 nitrogen and oxygen atoms in total. The molecule has 2 heterocycles. The first-order valence-electron chi connectivity index (χ1n) is 46.5. The number of allylic oxidation sites excluding steroid dienone is 4. The quantitative estimate of drug-likeness (QED) is 0.160. The van der Waals surface area contributed by atoms with Gasteiger partial charge in [-0.05, 0) is 361 Å². The average Bonchev–Trinajstić information content (AvgIpc) is 1.59. The molecule has 0 aromatic rings. The van der Waals surface area contributed by atoms with Crippen LogP contribution in [0.2, 0.25) is 0 Å². The van der Waals surface area contributed by atoms with Gasteiger partial charge in [0.25, 0.3) is 0 Å². The van der Waals surface area contributed by atoms with E-state index in [0.29, 0.717) is 0 Å². The highest BCUT2D eigenvalue weighted by molar-refractivity contribution is 5.20. The summed E-state index contributed by atoms with van der Waals surface area (Å²) in [7, 11) is 0. The van der Waals surface area contributed by atoms with E-state index in [0.717, 1.165) is 166 Å². The van der Waals surface area contributed by atoms with Gasteiger partial charge in [0.15, 0.2) is 0 Å². The summed E-state index contributed by atoms with van der Waals surface area (Å²) >= 11 is 0. The molecule has 0 spiro atoms. The van der Waals surface area contributed by atoms with E-state index in [1.807, 2.05) is 0 Å². The molecule has 2 heteroatoms. The lowest BCUT2D eigenvalue weighted by atomic mass is 9.61. The van der Waals surface area contributed by atoms with Crippen LogP contribution in [0.1, 0.15) is 398 Å². The number of hydrogen-bond acceptors (Lipinski definition) is 2. The minimum absolute atomic E-state index is 0.867. The molecule has 0 bridgehead atoms. The van der Waals surface area contributed by atoms with E-state index in [9.17, 15) is 0 Å². The molecule has 0 aromatic heterocycles. The molecule has 0 N–H and O–H groups in total. The molecule has 0 radical (unpaired) electrons. The summed E-state index contributed by atoms with van der Waals surface area (Å²) in [5.74, 6) is 22.2. The van der Waals surface area contributed by atoms with Gasteiger partial charge in [-0.2, -0.15) is 0 Å². The van der Waals surface area contributed by atoms with Crippen molar-refractivity contribution in [3.63, 3.8) is 0 Å². The van der Waals surface area contributed by atoms with Gasteiger partial charge in [0.05, 0.1) is 0 Å². The van der Waals surface area contributed by atoms with Gasteiger partial charge in [-0.15, -0.1) is 0 Å².